The van der Waals surface area contributed by atoms with Crippen LogP contribution in [0.5, 0.6) is 0 Å². The summed E-state index contributed by atoms with van der Waals surface area (Å²) in [5.74, 6) is 0. The smallest absolute Gasteiger partial charge is 0.0236 e. The number of nitrogens with one attached hydrogen (secondary N) is 1. The van der Waals surface area contributed by atoms with Crippen molar-refractivity contribution < 1.29 is 0 Å². The van der Waals surface area contributed by atoms with Crippen LogP contribution in [0, 0.1) is 5.41 Å². The average Bonchev–Trinajstić information content (AvgIpc) is 3.27. The van der Waals surface area contributed by atoms with Gasteiger partial charge in [0.25, 0.3) is 0 Å². The molecular weight excluding hydrogens is 256 g/mol. The summed E-state index contributed by atoms with van der Waals surface area (Å²) in [6.07, 6.45) is 6.60. The van der Waals surface area contributed by atoms with E-state index in [9.17, 15) is 0 Å². The summed E-state index contributed by atoms with van der Waals surface area (Å²) in [6.45, 7) is 9.58. The van der Waals surface area contributed by atoms with Crippen molar-refractivity contribution in [1.82, 2.24) is 10.2 Å². The zero-order valence-electron chi connectivity index (χ0n) is 13.7. The number of hydrogen-bond acceptors (Lipinski definition) is 2. The molecule has 1 aliphatic heterocycles. The molecule has 1 aliphatic carbocycles. The lowest BCUT2D eigenvalue weighted by Gasteiger charge is -2.37. The van der Waals surface area contributed by atoms with Crippen LogP contribution in [-0.2, 0) is 13.0 Å². The van der Waals surface area contributed by atoms with Gasteiger partial charge in [-0.3, -0.25) is 4.90 Å². The zero-order chi connectivity index (χ0) is 14.7. The summed E-state index contributed by atoms with van der Waals surface area (Å²) in [5.41, 5.74) is 3.62. The molecule has 1 heterocycles. The van der Waals surface area contributed by atoms with E-state index in [0.29, 0.717) is 5.41 Å². The summed E-state index contributed by atoms with van der Waals surface area (Å²) < 4.78 is 0. The minimum Gasteiger partial charge on any atom is -0.314 e. The van der Waals surface area contributed by atoms with Gasteiger partial charge in [-0.2, -0.15) is 0 Å². The van der Waals surface area contributed by atoms with Crippen LogP contribution in [0.25, 0.3) is 0 Å². The largest absolute Gasteiger partial charge is 0.314 e. The number of hydrogen-bond donors (Lipinski definition) is 1. The van der Waals surface area contributed by atoms with Crippen LogP contribution >= 0.6 is 0 Å². The minimum atomic E-state index is 0.546. The molecule has 0 unspecified atom stereocenters. The van der Waals surface area contributed by atoms with Crippen LogP contribution in [0.2, 0.25) is 0 Å². The Morgan fingerprint density at radius 2 is 1.76 bits per heavy atom. The SMILES string of the molecule is CC1(C)CCN(Cc2ccccc2CCNC2CC2)CC1. The van der Waals surface area contributed by atoms with E-state index in [-0.39, 0.29) is 0 Å². The molecule has 0 amide bonds. The number of benzene rings is 1. The van der Waals surface area contributed by atoms with E-state index in [4.69, 9.17) is 0 Å². The highest BCUT2D eigenvalue weighted by Crippen LogP contribution is 2.30. The fourth-order valence-electron chi connectivity index (χ4n) is 3.21. The Hall–Kier alpha value is -0.860. The predicted octanol–water partition coefficient (Wildman–Crippen LogP) is 3.60. The van der Waals surface area contributed by atoms with Crippen LogP contribution in [0.4, 0.5) is 0 Å². The molecule has 0 aromatic heterocycles. The first kappa shape index (κ1) is 15.1. The second-order valence-electron chi connectivity index (χ2n) is 7.69. The Kier molecular flexibility index (Phi) is 4.66. The molecule has 2 aliphatic rings. The maximum absolute atomic E-state index is 3.63. The molecule has 1 saturated heterocycles. The molecule has 3 rings (SSSR count). The molecule has 2 heteroatoms. The Bertz CT molecular complexity index is 452. The average molecular weight is 286 g/mol. The second-order valence-corrected chi connectivity index (χ2v) is 7.69. The first-order valence-electron chi connectivity index (χ1n) is 8.65. The summed E-state index contributed by atoms with van der Waals surface area (Å²) in [6, 6.07) is 9.85. The van der Waals surface area contributed by atoms with Crippen molar-refractivity contribution in [2.24, 2.45) is 5.41 Å². The minimum absolute atomic E-state index is 0.546. The summed E-state index contributed by atoms with van der Waals surface area (Å²) >= 11 is 0. The highest BCUT2D eigenvalue weighted by Gasteiger charge is 2.25. The fourth-order valence-corrected chi connectivity index (χ4v) is 3.21. The molecule has 2 fully saturated rings. The maximum atomic E-state index is 3.63. The Morgan fingerprint density at radius 1 is 1.10 bits per heavy atom. The Labute approximate surface area is 129 Å². The first-order valence-corrected chi connectivity index (χ1v) is 8.65. The fraction of sp³-hybridized carbons (Fsp3) is 0.684. The van der Waals surface area contributed by atoms with Crippen LogP contribution in [-0.4, -0.2) is 30.6 Å². The van der Waals surface area contributed by atoms with Crippen molar-refractivity contribution in [2.45, 2.75) is 58.5 Å². The zero-order valence-corrected chi connectivity index (χ0v) is 13.7. The van der Waals surface area contributed by atoms with Gasteiger partial charge in [0.1, 0.15) is 0 Å². The van der Waals surface area contributed by atoms with Gasteiger partial charge in [-0.25, -0.2) is 0 Å². The van der Waals surface area contributed by atoms with Crippen LogP contribution in [0.3, 0.4) is 0 Å². The molecule has 0 spiro atoms. The van der Waals surface area contributed by atoms with Crippen molar-refractivity contribution in [3.8, 4) is 0 Å². The third-order valence-electron chi connectivity index (χ3n) is 5.13. The topological polar surface area (TPSA) is 15.3 Å². The van der Waals surface area contributed by atoms with E-state index in [2.05, 4.69) is 48.3 Å². The van der Waals surface area contributed by atoms with E-state index in [1.807, 2.05) is 0 Å². The van der Waals surface area contributed by atoms with E-state index in [0.717, 1.165) is 19.1 Å². The molecule has 0 bridgehead atoms. The van der Waals surface area contributed by atoms with Gasteiger partial charge in [-0.1, -0.05) is 38.1 Å². The van der Waals surface area contributed by atoms with E-state index in [1.165, 1.54) is 56.3 Å². The van der Waals surface area contributed by atoms with Crippen molar-refractivity contribution in [3.05, 3.63) is 35.4 Å². The Morgan fingerprint density at radius 3 is 2.43 bits per heavy atom. The second kappa shape index (κ2) is 6.50. The van der Waals surface area contributed by atoms with Gasteiger partial charge in [0.2, 0.25) is 0 Å². The lowest BCUT2D eigenvalue weighted by atomic mass is 9.82. The van der Waals surface area contributed by atoms with Gasteiger partial charge in [0.05, 0.1) is 0 Å². The number of piperidine rings is 1. The molecule has 1 aromatic carbocycles. The third kappa shape index (κ3) is 4.55. The van der Waals surface area contributed by atoms with Gasteiger partial charge in [0, 0.05) is 12.6 Å². The quantitative estimate of drug-likeness (QED) is 0.859. The molecule has 2 nitrogen and oxygen atoms in total. The predicted molar refractivity (Wildman–Crippen MR) is 89.5 cm³/mol. The summed E-state index contributed by atoms with van der Waals surface area (Å²) in [7, 11) is 0. The number of rotatable bonds is 6. The van der Waals surface area contributed by atoms with Crippen molar-refractivity contribution in [2.75, 3.05) is 19.6 Å². The van der Waals surface area contributed by atoms with Crippen LogP contribution in [0.1, 0.15) is 50.7 Å². The van der Waals surface area contributed by atoms with Gasteiger partial charge >= 0.3 is 0 Å². The molecule has 1 N–H and O–H groups in total. The maximum Gasteiger partial charge on any atom is 0.0236 e. The van der Waals surface area contributed by atoms with E-state index < -0.39 is 0 Å². The van der Waals surface area contributed by atoms with Crippen molar-refractivity contribution in [1.29, 1.82) is 0 Å². The van der Waals surface area contributed by atoms with Gasteiger partial charge in [-0.05, 0) is 68.3 Å². The molecule has 21 heavy (non-hydrogen) atoms. The third-order valence-corrected chi connectivity index (χ3v) is 5.13. The lowest BCUT2D eigenvalue weighted by Crippen LogP contribution is -2.37. The summed E-state index contributed by atoms with van der Waals surface area (Å²) in [4.78, 5) is 2.64. The normalized spacial score (nSPS) is 22.4. The van der Waals surface area contributed by atoms with Crippen molar-refractivity contribution in [3.63, 3.8) is 0 Å². The number of likely N-dealkylation sites (tertiary alicyclic amines) is 1. The lowest BCUT2D eigenvalue weighted by molar-refractivity contribution is 0.127. The standard InChI is InChI=1S/C19H30N2/c1-19(2)10-13-21(14-11-19)15-17-6-4-3-5-16(17)9-12-20-18-7-8-18/h3-6,18,20H,7-15H2,1-2H3. The highest BCUT2D eigenvalue weighted by molar-refractivity contribution is 5.27. The van der Waals surface area contributed by atoms with E-state index in [1.54, 1.807) is 0 Å². The van der Waals surface area contributed by atoms with Crippen LogP contribution < -0.4 is 5.32 Å². The van der Waals surface area contributed by atoms with E-state index >= 15 is 0 Å². The molecule has 1 saturated carbocycles. The molecule has 0 radical (unpaired) electrons. The van der Waals surface area contributed by atoms with Crippen LogP contribution in [0.15, 0.2) is 24.3 Å². The molecule has 116 valence electrons. The number of nitrogens with zero attached hydrogens (tertiary/aromatic N) is 1. The Balaban J connectivity index is 1.54. The van der Waals surface area contributed by atoms with Crippen molar-refractivity contribution >= 4 is 0 Å². The summed E-state index contributed by atoms with van der Waals surface area (Å²) in [5, 5.41) is 3.63. The molecule has 1 aromatic rings. The molecular formula is C19H30N2. The van der Waals surface area contributed by atoms with Gasteiger partial charge in [0.15, 0.2) is 0 Å². The first-order chi connectivity index (χ1) is 10.1. The molecule has 0 atom stereocenters. The monoisotopic (exact) mass is 286 g/mol. The van der Waals surface area contributed by atoms with Gasteiger partial charge < -0.3 is 5.32 Å². The highest BCUT2D eigenvalue weighted by atomic mass is 15.1. The van der Waals surface area contributed by atoms with Gasteiger partial charge in [-0.15, -0.1) is 0 Å².